The number of nitrogens with zero attached hydrogens (tertiary/aromatic N) is 5. The van der Waals surface area contributed by atoms with Crippen LogP contribution in [-0.2, 0) is 14.9 Å². The summed E-state index contributed by atoms with van der Waals surface area (Å²) in [6.45, 7) is 4.87. The molecule has 0 saturated carbocycles. The molecule has 0 unspecified atom stereocenters. The van der Waals surface area contributed by atoms with E-state index in [1.165, 1.54) is 15.6 Å². The maximum atomic E-state index is 12.5. The highest BCUT2D eigenvalue weighted by Gasteiger charge is 2.36. The lowest BCUT2D eigenvalue weighted by Gasteiger charge is -2.36. The number of hydrogen-bond donors (Lipinski definition) is 3. The summed E-state index contributed by atoms with van der Waals surface area (Å²) < 4.78 is 34.7. The summed E-state index contributed by atoms with van der Waals surface area (Å²) in [4.78, 5) is 29.7. The van der Waals surface area contributed by atoms with Gasteiger partial charge in [0.2, 0.25) is 5.95 Å². The summed E-state index contributed by atoms with van der Waals surface area (Å²) in [6, 6.07) is 7.42. The summed E-state index contributed by atoms with van der Waals surface area (Å²) in [7, 11) is -2.21. The molecule has 0 radical (unpaired) electrons. The molecule has 1 aromatic carbocycles. The number of urea groups is 1. The third kappa shape index (κ3) is 5.43. The minimum Gasteiger partial charge on any atom is -0.379 e. The Kier molecular flexibility index (Phi) is 7.21. The number of methoxy groups -OCH3 is 1. The van der Waals surface area contributed by atoms with Gasteiger partial charge in [-0.3, -0.25) is 10.3 Å². The topological polar surface area (TPSA) is 151 Å². The number of aryl methyl sites for hydroxylation is 1. The molecule has 38 heavy (non-hydrogen) atoms. The zero-order valence-electron chi connectivity index (χ0n) is 20.9. The zero-order chi connectivity index (χ0) is 26.9. The number of ether oxygens (including phenoxy) is 1. The lowest BCUT2D eigenvalue weighted by atomic mass is 10.0. The van der Waals surface area contributed by atoms with E-state index in [9.17, 15) is 13.2 Å². The summed E-state index contributed by atoms with van der Waals surface area (Å²) in [5, 5.41) is 5.93. The van der Waals surface area contributed by atoms with Gasteiger partial charge in [-0.05, 0) is 43.2 Å². The van der Waals surface area contributed by atoms with Gasteiger partial charge in [-0.1, -0.05) is 17.4 Å². The number of carbonyl (C=O) groups excluding carboxylic acids is 1. The molecule has 14 heteroatoms. The summed E-state index contributed by atoms with van der Waals surface area (Å²) in [5.41, 5.74) is 4.74. The van der Waals surface area contributed by atoms with Crippen molar-refractivity contribution in [2.45, 2.75) is 20.0 Å². The van der Waals surface area contributed by atoms with E-state index in [1.807, 2.05) is 38.1 Å². The van der Waals surface area contributed by atoms with E-state index in [0.29, 0.717) is 22.8 Å². The fourth-order valence-electron chi connectivity index (χ4n) is 3.83. The molecule has 0 bridgehead atoms. The predicted octanol–water partition coefficient (Wildman–Crippen LogP) is 3.25. The highest BCUT2D eigenvalue weighted by atomic mass is 32.2. The zero-order valence-corrected chi connectivity index (χ0v) is 22.6. The number of fused-ring (bicyclic) bond motifs is 1. The largest absolute Gasteiger partial charge is 0.379 e. The van der Waals surface area contributed by atoms with Crippen molar-refractivity contribution < 1.29 is 17.9 Å². The average molecular weight is 555 g/mol. The second-order valence-corrected chi connectivity index (χ2v) is 11.3. The molecule has 4 heterocycles. The van der Waals surface area contributed by atoms with Gasteiger partial charge in [-0.2, -0.15) is 12.7 Å². The first-order chi connectivity index (χ1) is 18.3. The van der Waals surface area contributed by atoms with Gasteiger partial charge in [-0.15, -0.1) is 0 Å². The van der Waals surface area contributed by atoms with Gasteiger partial charge in [0.25, 0.3) is 0 Å². The third-order valence-electron chi connectivity index (χ3n) is 5.93. The van der Waals surface area contributed by atoms with Gasteiger partial charge in [-0.25, -0.2) is 24.5 Å². The molecule has 3 aromatic heterocycles. The van der Waals surface area contributed by atoms with Crippen LogP contribution in [0.3, 0.4) is 0 Å². The van der Waals surface area contributed by atoms with E-state index in [1.54, 1.807) is 25.7 Å². The quantitative estimate of drug-likeness (QED) is 0.300. The number of rotatable bonds is 8. The van der Waals surface area contributed by atoms with Crippen LogP contribution in [0.2, 0.25) is 0 Å². The Morgan fingerprint density at radius 1 is 1.13 bits per heavy atom. The SMILES string of the molecule is CCNC(=O)Nc1nc2cc(-c3cnc(NS(=O)(=O)N4CC(OC)C4)nc3)cc(-c3ccc(C)cn3)c2s1. The molecule has 5 rings (SSSR count). The van der Waals surface area contributed by atoms with Gasteiger partial charge in [0.15, 0.2) is 5.13 Å². The number of amides is 2. The molecule has 12 nitrogen and oxygen atoms in total. The van der Waals surface area contributed by atoms with Crippen LogP contribution in [0.4, 0.5) is 15.9 Å². The molecular formula is C24H26N8O4S2. The number of pyridine rings is 1. The van der Waals surface area contributed by atoms with Crippen LogP contribution in [0, 0.1) is 6.92 Å². The molecule has 4 aromatic rings. The van der Waals surface area contributed by atoms with Crippen molar-refractivity contribution in [1.82, 2.24) is 29.6 Å². The molecule has 198 valence electrons. The van der Waals surface area contributed by atoms with Gasteiger partial charge in [0, 0.05) is 56.5 Å². The van der Waals surface area contributed by atoms with Gasteiger partial charge >= 0.3 is 16.2 Å². The molecule has 2 amide bonds. The molecule has 1 saturated heterocycles. The predicted molar refractivity (Wildman–Crippen MR) is 146 cm³/mol. The number of nitrogens with one attached hydrogen (secondary N) is 3. The van der Waals surface area contributed by atoms with Crippen molar-refractivity contribution in [3.8, 4) is 22.4 Å². The monoisotopic (exact) mass is 554 g/mol. The van der Waals surface area contributed by atoms with E-state index in [0.717, 1.165) is 27.1 Å². The summed E-state index contributed by atoms with van der Waals surface area (Å²) >= 11 is 1.36. The molecule has 3 N–H and O–H groups in total. The fraction of sp³-hybridized carbons (Fsp3) is 0.292. The van der Waals surface area contributed by atoms with Crippen LogP contribution in [0.25, 0.3) is 32.6 Å². The maximum Gasteiger partial charge on any atom is 0.321 e. The van der Waals surface area contributed by atoms with E-state index in [2.05, 4.69) is 35.3 Å². The number of anilines is 2. The molecule has 0 spiro atoms. The Balaban J connectivity index is 1.46. The first-order valence-electron chi connectivity index (χ1n) is 11.8. The maximum absolute atomic E-state index is 12.5. The van der Waals surface area contributed by atoms with Crippen LogP contribution >= 0.6 is 11.3 Å². The summed E-state index contributed by atoms with van der Waals surface area (Å²) in [6.07, 6.45) is 4.78. The number of carbonyl (C=O) groups is 1. The first kappa shape index (κ1) is 25.9. The van der Waals surface area contributed by atoms with E-state index < -0.39 is 10.2 Å². The number of thiazole rings is 1. The second kappa shape index (κ2) is 10.6. The lowest BCUT2D eigenvalue weighted by Crippen LogP contribution is -2.55. The Labute approximate surface area is 223 Å². The van der Waals surface area contributed by atoms with E-state index in [4.69, 9.17) is 4.74 Å². The first-order valence-corrected chi connectivity index (χ1v) is 14.1. The standard InChI is InChI=1S/C24H26N8O4S2/c1-4-25-23(33)30-24-29-20-8-15(7-18(21(20)37-24)19-6-5-14(2)9-26-19)16-10-27-22(28-11-16)31-38(34,35)32-12-17(13-32)36-3/h5-11,17H,4,12-13H2,1-3H3,(H,27,28,31)(H2,25,29,30,33). The van der Waals surface area contributed by atoms with Crippen molar-refractivity contribution in [3.05, 3.63) is 48.4 Å². The van der Waals surface area contributed by atoms with Crippen LogP contribution < -0.4 is 15.4 Å². The Morgan fingerprint density at radius 3 is 2.55 bits per heavy atom. The van der Waals surface area contributed by atoms with Crippen LogP contribution in [-0.4, -0.2) is 71.5 Å². The molecule has 1 aliphatic rings. The molecule has 0 atom stereocenters. The molecule has 1 fully saturated rings. The Bertz CT molecular complexity index is 1570. The number of benzene rings is 1. The smallest absolute Gasteiger partial charge is 0.321 e. The normalized spacial score (nSPS) is 14.3. The molecule has 0 aliphatic carbocycles. The van der Waals surface area contributed by atoms with Crippen LogP contribution in [0.15, 0.2) is 42.9 Å². The Hall–Kier alpha value is -3.72. The molecule has 1 aliphatic heterocycles. The summed E-state index contributed by atoms with van der Waals surface area (Å²) in [5.74, 6) is -0.0294. The van der Waals surface area contributed by atoms with Crippen LogP contribution in [0.5, 0.6) is 0 Å². The van der Waals surface area contributed by atoms with Crippen molar-refractivity contribution in [1.29, 1.82) is 0 Å². The van der Waals surface area contributed by atoms with Crippen LogP contribution in [0.1, 0.15) is 12.5 Å². The van der Waals surface area contributed by atoms with E-state index >= 15 is 0 Å². The van der Waals surface area contributed by atoms with Gasteiger partial charge in [0.05, 0.1) is 22.0 Å². The highest BCUT2D eigenvalue weighted by Crippen LogP contribution is 2.38. The van der Waals surface area contributed by atoms with E-state index in [-0.39, 0.29) is 31.2 Å². The molecular weight excluding hydrogens is 528 g/mol. The Morgan fingerprint density at radius 2 is 1.89 bits per heavy atom. The van der Waals surface area contributed by atoms with Crippen molar-refractivity contribution >= 4 is 48.9 Å². The minimum absolute atomic E-state index is 0.0294. The van der Waals surface area contributed by atoms with Gasteiger partial charge in [0.1, 0.15) is 0 Å². The fourth-order valence-corrected chi connectivity index (χ4v) is 5.98. The third-order valence-corrected chi connectivity index (χ3v) is 8.37. The number of hydrogen-bond acceptors (Lipinski definition) is 9. The van der Waals surface area contributed by atoms with Crippen molar-refractivity contribution in [3.63, 3.8) is 0 Å². The number of aromatic nitrogens is 4. The van der Waals surface area contributed by atoms with Crippen molar-refractivity contribution in [2.24, 2.45) is 0 Å². The lowest BCUT2D eigenvalue weighted by molar-refractivity contribution is 0.0128. The minimum atomic E-state index is -3.76. The second-order valence-electron chi connectivity index (χ2n) is 8.67. The average Bonchev–Trinajstić information content (AvgIpc) is 3.25. The van der Waals surface area contributed by atoms with Crippen molar-refractivity contribution in [2.75, 3.05) is 36.8 Å². The highest BCUT2D eigenvalue weighted by molar-refractivity contribution is 7.90. The van der Waals surface area contributed by atoms with Gasteiger partial charge < -0.3 is 10.1 Å².